The highest BCUT2D eigenvalue weighted by atomic mass is 16.3. The Morgan fingerprint density at radius 1 is 1.17 bits per heavy atom. The fourth-order valence-corrected chi connectivity index (χ4v) is 3.69. The van der Waals surface area contributed by atoms with Crippen LogP contribution in [-0.2, 0) is 0 Å². The van der Waals surface area contributed by atoms with Crippen LogP contribution in [0.5, 0.6) is 5.75 Å². The van der Waals surface area contributed by atoms with E-state index in [0.29, 0.717) is 22.9 Å². The van der Waals surface area contributed by atoms with Gasteiger partial charge in [0, 0.05) is 37.4 Å². The van der Waals surface area contributed by atoms with E-state index in [0.717, 1.165) is 37.6 Å². The molecule has 0 spiro atoms. The topological polar surface area (TPSA) is 104 Å². The highest BCUT2D eigenvalue weighted by Gasteiger charge is 2.24. The van der Waals surface area contributed by atoms with Crippen LogP contribution in [-0.4, -0.2) is 50.9 Å². The fraction of sp³-hybridized carbons (Fsp3) is 0.273. The molecule has 8 heteroatoms. The molecule has 1 saturated heterocycles. The maximum Gasteiger partial charge on any atom is 0.206 e. The number of phenolic OH excluding ortho intramolecular Hbond substituents is 1. The van der Waals surface area contributed by atoms with Crippen molar-refractivity contribution in [2.45, 2.75) is 19.4 Å². The van der Waals surface area contributed by atoms with Gasteiger partial charge in [-0.2, -0.15) is 0 Å². The van der Waals surface area contributed by atoms with Crippen LogP contribution in [0.4, 0.5) is 17.3 Å². The van der Waals surface area contributed by atoms with Gasteiger partial charge in [0.25, 0.3) is 0 Å². The standard InChI is InChI=1S/C22H23N7O/c1-3-20-24-10-8-21(25-20)29-13-12-28(11-9-15(29)2)18-14-17(26-27-22(18)23)16-6-4-5-7-19(16)30/h1,4-8,10,14-15,30H,9,11-13H2,2H3,(H2,23,27). The lowest BCUT2D eigenvalue weighted by Gasteiger charge is -2.28. The Balaban J connectivity index is 1.61. The van der Waals surface area contributed by atoms with E-state index in [2.05, 4.69) is 42.8 Å². The number of nitrogens with zero attached hydrogens (tertiary/aromatic N) is 6. The van der Waals surface area contributed by atoms with Crippen molar-refractivity contribution in [3.8, 4) is 29.4 Å². The SMILES string of the molecule is C#Cc1nccc(N2CCN(c3cc(-c4ccccc4O)nnc3N)CCC2C)n1. The summed E-state index contributed by atoms with van der Waals surface area (Å²) in [6.07, 6.45) is 8.05. The van der Waals surface area contributed by atoms with Crippen LogP contribution in [0.25, 0.3) is 11.3 Å². The number of rotatable bonds is 3. The minimum Gasteiger partial charge on any atom is -0.507 e. The molecular formula is C22H23N7O. The van der Waals surface area contributed by atoms with E-state index in [4.69, 9.17) is 12.2 Å². The van der Waals surface area contributed by atoms with Gasteiger partial charge in [0.2, 0.25) is 5.82 Å². The minimum atomic E-state index is 0.159. The number of aromatic nitrogens is 4. The summed E-state index contributed by atoms with van der Waals surface area (Å²) in [6.45, 7) is 4.45. The maximum absolute atomic E-state index is 10.2. The molecule has 3 N–H and O–H groups in total. The third kappa shape index (κ3) is 3.82. The number of para-hydroxylation sites is 1. The van der Waals surface area contributed by atoms with Crippen molar-refractivity contribution in [3.05, 3.63) is 48.4 Å². The summed E-state index contributed by atoms with van der Waals surface area (Å²) in [5, 5.41) is 18.5. The number of hydrogen-bond donors (Lipinski definition) is 2. The van der Waals surface area contributed by atoms with Crippen LogP contribution >= 0.6 is 0 Å². The molecule has 1 atom stereocenters. The van der Waals surface area contributed by atoms with Gasteiger partial charge in [-0.05, 0) is 43.5 Å². The number of nitrogen functional groups attached to an aromatic ring is 1. The molecule has 0 saturated carbocycles. The molecule has 3 heterocycles. The second-order valence-corrected chi connectivity index (χ2v) is 7.22. The molecule has 1 fully saturated rings. The lowest BCUT2D eigenvalue weighted by molar-refractivity contribution is 0.477. The largest absolute Gasteiger partial charge is 0.507 e. The van der Waals surface area contributed by atoms with Crippen LogP contribution in [0.3, 0.4) is 0 Å². The molecule has 4 rings (SSSR count). The van der Waals surface area contributed by atoms with Crippen molar-refractivity contribution in [3.63, 3.8) is 0 Å². The van der Waals surface area contributed by atoms with Gasteiger partial charge in [0.05, 0.1) is 11.4 Å². The summed E-state index contributed by atoms with van der Waals surface area (Å²) < 4.78 is 0. The van der Waals surface area contributed by atoms with E-state index in [1.807, 2.05) is 24.3 Å². The van der Waals surface area contributed by atoms with E-state index in [-0.39, 0.29) is 11.8 Å². The number of benzene rings is 1. The number of terminal acetylenes is 1. The van der Waals surface area contributed by atoms with E-state index < -0.39 is 0 Å². The van der Waals surface area contributed by atoms with Gasteiger partial charge in [0.1, 0.15) is 11.6 Å². The van der Waals surface area contributed by atoms with Gasteiger partial charge in [-0.3, -0.25) is 0 Å². The fourth-order valence-electron chi connectivity index (χ4n) is 3.69. The highest BCUT2D eigenvalue weighted by Crippen LogP contribution is 2.32. The maximum atomic E-state index is 10.2. The third-order valence-corrected chi connectivity index (χ3v) is 5.35. The Labute approximate surface area is 175 Å². The zero-order valence-corrected chi connectivity index (χ0v) is 16.7. The smallest absolute Gasteiger partial charge is 0.206 e. The van der Waals surface area contributed by atoms with Crippen molar-refractivity contribution in [1.82, 2.24) is 20.2 Å². The third-order valence-electron chi connectivity index (χ3n) is 5.35. The summed E-state index contributed by atoms with van der Waals surface area (Å²) in [6, 6.07) is 11.1. The van der Waals surface area contributed by atoms with Gasteiger partial charge >= 0.3 is 0 Å². The minimum absolute atomic E-state index is 0.159. The van der Waals surface area contributed by atoms with E-state index in [1.165, 1.54) is 0 Å². The van der Waals surface area contributed by atoms with Crippen LogP contribution in [0.2, 0.25) is 0 Å². The molecule has 0 amide bonds. The quantitative estimate of drug-likeness (QED) is 0.645. The van der Waals surface area contributed by atoms with E-state index in [1.54, 1.807) is 18.3 Å². The van der Waals surface area contributed by atoms with Gasteiger partial charge in [-0.25, -0.2) is 9.97 Å². The van der Waals surface area contributed by atoms with Crippen molar-refractivity contribution in [2.24, 2.45) is 0 Å². The van der Waals surface area contributed by atoms with Crippen LogP contribution in [0.1, 0.15) is 19.2 Å². The highest BCUT2D eigenvalue weighted by molar-refractivity contribution is 5.74. The lowest BCUT2D eigenvalue weighted by atomic mass is 10.1. The molecule has 1 aliphatic rings. The Morgan fingerprint density at radius 3 is 2.80 bits per heavy atom. The number of phenols is 1. The van der Waals surface area contributed by atoms with Crippen LogP contribution in [0.15, 0.2) is 42.6 Å². The summed E-state index contributed by atoms with van der Waals surface area (Å²) >= 11 is 0. The number of anilines is 3. The molecule has 0 aliphatic carbocycles. The van der Waals surface area contributed by atoms with Gasteiger partial charge in [-0.15, -0.1) is 16.6 Å². The predicted octanol–water partition coefficient (Wildman–Crippen LogP) is 2.31. The summed E-state index contributed by atoms with van der Waals surface area (Å²) in [4.78, 5) is 13.0. The average Bonchev–Trinajstić information content (AvgIpc) is 2.96. The van der Waals surface area contributed by atoms with Crippen molar-refractivity contribution >= 4 is 17.3 Å². The van der Waals surface area contributed by atoms with Gasteiger partial charge in [0.15, 0.2) is 5.82 Å². The Bertz CT molecular complexity index is 1090. The Kier molecular flexibility index (Phi) is 5.35. The molecule has 1 aromatic carbocycles. The van der Waals surface area contributed by atoms with E-state index >= 15 is 0 Å². The Morgan fingerprint density at radius 2 is 2.00 bits per heavy atom. The molecular weight excluding hydrogens is 378 g/mol. The number of hydrogen-bond acceptors (Lipinski definition) is 8. The summed E-state index contributed by atoms with van der Waals surface area (Å²) in [7, 11) is 0. The molecule has 3 aromatic rings. The molecule has 0 radical (unpaired) electrons. The van der Waals surface area contributed by atoms with Crippen LogP contribution in [0, 0.1) is 12.3 Å². The second-order valence-electron chi connectivity index (χ2n) is 7.22. The van der Waals surface area contributed by atoms with Crippen molar-refractivity contribution < 1.29 is 5.11 Å². The van der Waals surface area contributed by atoms with Gasteiger partial charge in [-0.1, -0.05) is 12.1 Å². The van der Waals surface area contributed by atoms with Crippen LogP contribution < -0.4 is 15.5 Å². The first-order chi connectivity index (χ1) is 14.6. The molecule has 1 unspecified atom stereocenters. The zero-order valence-electron chi connectivity index (χ0n) is 16.7. The predicted molar refractivity (Wildman–Crippen MR) is 117 cm³/mol. The number of nitrogens with two attached hydrogens (primary N) is 1. The normalized spacial score (nSPS) is 16.7. The first-order valence-corrected chi connectivity index (χ1v) is 9.79. The molecule has 1 aliphatic heterocycles. The molecule has 152 valence electrons. The van der Waals surface area contributed by atoms with Crippen molar-refractivity contribution in [1.29, 1.82) is 0 Å². The molecule has 0 bridgehead atoms. The van der Waals surface area contributed by atoms with Gasteiger partial charge < -0.3 is 20.6 Å². The summed E-state index contributed by atoms with van der Waals surface area (Å²) in [5.74, 6) is 4.23. The van der Waals surface area contributed by atoms with Crippen molar-refractivity contribution in [2.75, 3.05) is 35.2 Å². The summed E-state index contributed by atoms with van der Waals surface area (Å²) in [5.41, 5.74) is 8.19. The average molecular weight is 401 g/mol. The first-order valence-electron chi connectivity index (χ1n) is 9.79. The Hall–Kier alpha value is -3.86. The monoisotopic (exact) mass is 401 g/mol. The molecule has 8 nitrogen and oxygen atoms in total. The molecule has 30 heavy (non-hydrogen) atoms. The first kappa shape index (κ1) is 19.5. The lowest BCUT2D eigenvalue weighted by Crippen LogP contribution is -2.35. The molecule has 2 aromatic heterocycles. The second kappa shape index (κ2) is 8.25. The zero-order chi connectivity index (χ0) is 21.1. The van der Waals surface area contributed by atoms with E-state index in [9.17, 15) is 5.11 Å². The number of aromatic hydroxyl groups is 1.